The summed E-state index contributed by atoms with van der Waals surface area (Å²) in [6.07, 6.45) is 0. The first-order valence-corrected chi connectivity index (χ1v) is 5.40. The Morgan fingerprint density at radius 2 is 2.28 bits per heavy atom. The molecule has 0 amide bonds. The van der Waals surface area contributed by atoms with Gasteiger partial charge in [0.05, 0.1) is 4.91 Å². The topological polar surface area (TPSA) is 110 Å². The van der Waals surface area contributed by atoms with Gasteiger partial charge in [0, 0.05) is 23.8 Å². The van der Waals surface area contributed by atoms with Crippen molar-refractivity contribution < 1.29 is 19.2 Å². The number of fused-ring (bicyclic) bond motifs is 1. The lowest BCUT2D eigenvalue weighted by molar-refractivity contribution is -0.880. The highest BCUT2D eigenvalue weighted by Crippen LogP contribution is 2.15. The summed E-state index contributed by atoms with van der Waals surface area (Å²) in [6, 6.07) is 4.74. The summed E-state index contributed by atoms with van der Waals surface area (Å²) in [6.45, 7) is 1.18. The van der Waals surface area contributed by atoms with Gasteiger partial charge in [0.25, 0.3) is 0 Å². The Balaban J connectivity index is 2.44. The molecule has 1 heterocycles. The summed E-state index contributed by atoms with van der Waals surface area (Å²) in [5.41, 5.74) is 5.97. The van der Waals surface area contributed by atoms with Crippen molar-refractivity contribution in [2.45, 2.75) is 0 Å². The summed E-state index contributed by atoms with van der Waals surface area (Å²) in [7, 11) is 1.82. The molecule has 0 unspecified atom stereocenters. The predicted octanol–water partition coefficient (Wildman–Crippen LogP) is -1.21. The molecule has 96 valence electrons. The molecule has 8 heteroatoms. The predicted molar refractivity (Wildman–Crippen MR) is 62.9 cm³/mol. The van der Waals surface area contributed by atoms with Crippen LogP contribution in [-0.4, -0.2) is 30.5 Å². The van der Waals surface area contributed by atoms with Crippen LogP contribution in [0.1, 0.15) is 0 Å². The molecule has 1 aromatic heterocycles. The number of nitrogens with one attached hydrogen (secondary N) is 2. The second kappa shape index (κ2) is 4.88. The van der Waals surface area contributed by atoms with E-state index in [0.717, 1.165) is 0 Å². The number of anilines is 1. The van der Waals surface area contributed by atoms with E-state index < -0.39 is 0 Å². The monoisotopic (exact) mass is 253 g/mol. The van der Waals surface area contributed by atoms with E-state index in [1.54, 1.807) is 18.2 Å². The van der Waals surface area contributed by atoms with Crippen molar-refractivity contribution in [1.29, 1.82) is 0 Å². The molecule has 0 saturated heterocycles. The Kier molecular flexibility index (Phi) is 3.28. The van der Waals surface area contributed by atoms with Crippen molar-refractivity contribution >= 4 is 17.0 Å². The highest BCUT2D eigenvalue weighted by Gasteiger charge is 2.20. The van der Waals surface area contributed by atoms with Gasteiger partial charge in [-0.3, -0.25) is 5.73 Å². The normalized spacial score (nSPS) is 10.7. The third-order valence-electron chi connectivity index (χ3n) is 2.46. The van der Waals surface area contributed by atoms with E-state index in [1.165, 1.54) is 0 Å². The van der Waals surface area contributed by atoms with Crippen molar-refractivity contribution in [2.24, 2.45) is 0 Å². The summed E-state index contributed by atoms with van der Waals surface area (Å²) in [5, 5.41) is 14.9. The van der Waals surface area contributed by atoms with E-state index in [4.69, 9.17) is 10.5 Å². The van der Waals surface area contributed by atoms with Crippen LogP contribution >= 0.6 is 0 Å². The molecule has 2 rings (SSSR count). The maximum atomic E-state index is 11.5. The van der Waals surface area contributed by atoms with Gasteiger partial charge in [0.1, 0.15) is 12.4 Å². The number of aromatic amines is 1. The minimum atomic E-state index is -0.162. The summed E-state index contributed by atoms with van der Waals surface area (Å²) < 4.78 is 6.62. The standard InChI is InChI=1S/C10H14N5O3/c1-12-4-5-18-7-2-3-8-9(6-7)14(16)10(11)13-15(8)17/h2-3,6,12,16H,4-5H2,1H3,(H2,11,13,17)/q+1/p+1. The lowest BCUT2D eigenvalue weighted by atomic mass is 10.3. The summed E-state index contributed by atoms with van der Waals surface area (Å²) >= 11 is 0. The fraction of sp³-hybridized carbons (Fsp3) is 0.300. The fourth-order valence-corrected chi connectivity index (χ4v) is 1.55. The molecule has 0 aliphatic rings. The van der Waals surface area contributed by atoms with Crippen molar-refractivity contribution in [3.05, 3.63) is 23.1 Å². The third kappa shape index (κ3) is 2.18. The molecule has 0 radical (unpaired) electrons. The van der Waals surface area contributed by atoms with Gasteiger partial charge in [-0.2, -0.15) is 0 Å². The molecule has 0 bridgehead atoms. The molecule has 0 aliphatic heterocycles. The number of likely N-dealkylation sites (N-methyl/N-ethyl adjacent to an activating group) is 1. The minimum absolute atomic E-state index is 0.162. The van der Waals surface area contributed by atoms with Crippen LogP contribution in [0.2, 0.25) is 0 Å². The largest absolute Gasteiger partial charge is 0.492 e. The smallest absolute Gasteiger partial charge is 0.447 e. The molecule has 0 aliphatic carbocycles. The first-order valence-electron chi connectivity index (χ1n) is 5.40. The molecule has 8 nitrogen and oxygen atoms in total. The van der Waals surface area contributed by atoms with Crippen molar-refractivity contribution in [3.8, 4) is 5.75 Å². The maximum Gasteiger partial charge on any atom is 0.447 e. The average Bonchev–Trinajstić information content (AvgIpc) is 2.36. The number of nitrogens with zero attached hydrogens (tertiary/aromatic N) is 2. The van der Waals surface area contributed by atoms with Gasteiger partial charge in [0.2, 0.25) is 10.1 Å². The van der Waals surface area contributed by atoms with Crippen LogP contribution in [0.25, 0.3) is 11.0 Å². The number of nitrogen functional groups attached to an aromatic ring is 1. The van der Waals surface area contributed by atoms with E-state index in [-0.39, 0.29) is 17.0 Å². The molecule has 0 fully saturated rings. The number of hydrogen-bond acceptors (Lipinski definition) is 5. The molecule has 0 atom stereocenters. The van der Waals surface area contributed by atoms with Gasteiger partial charge >= 0.3 is 11.5 Å². The second-order valence-electron chi connectivity index (χ2n) is 3.71. The summed E-state index contributed by atoms with van der Waals surface area (Å²) in [4.78, 5) is 11.5. The van der Waals surface area contributed by atoms with Crippen molar-refractivity contribution in [1.82, 2.24) is 10.4 Å². The first kappa shape index (κ1) is 12.1. The van der Waals surface area contributed by atoms with Crippen LogP contribution in [0.4, 0.5) is 5.95 Å². The van der Waals surface area contributed by atoms with Crippen molar-refractivity contribution in [3.63, 3.8) is 0 Å². The Morgan fingerprint density at radius 1 is 1.50 bits per heavy atom. The lowest BCUT2D eigenvalue weighted by Crippen LogP contribution is -2.42. The van der Waals surface area contributed by atoms with E-state index in [9.17, 15) is 10.1 Å². The number of rotatable bonds is 4. The van der Waals surface area contributed by atoms with E-state index in [2.05, 4.69) is 10.4 Å². The molecular formula is C10H15N5O3+2. The van der Waals surface area contributed by atoms with Gasteiger partial charge in [-0.05, 0) is 17.8 Å². The van der Waals surface area contributed by atoms with Crippen LogP contribution < -0.4 is 25.1 Å². The molecule has 2 aromatic rings. The zero-order valence-corrected chi connectivity index (χ0v) is 9.88. The van der Waals surface area contributed by atoms with Gasteiger partial charge in [-0.1, -0.05) is 0 Å². The molecule has 0 spiro atoms. The molecule has 5 N–H and O–H groups in total. The van der Waals surface area contributed by atoms with Crippen LogP contribution in [-0.2, 0) is 0 Å². The lowest BCUT2D eigenvalue weighted by Gasteiger charge is -2.04. The molecular weight excluding hydrogens is 238 g/mol. The van der Waals surface area contributed by atoms with E-state index >= 15 is 0 Å². The van der Waals surface area contributed by atoms with Gasteiger partial charge in [-0.15, -0.1) is 0 Å². The van der Waals surface area contributed by atoms with E-state index in [0.29, 0.717) is 28.2 Å². The highest BCUT2D eigenvalue weighted by molar-refractivity contribution is 5.69. The van der Waals surface area contributed by atoms with Gasteiger partial charge < -0.3 is 15.3 Å². The Bertz CT molecular complexity index is 625. The number of ether oxygens (including phenoxy) is 1. The van der Waals surface area contributed by atoms with Crippen molar-refractivity contribution in [2.75, 3.05) is 25.9 Å². The Hall–Kier alpha value is -2.35. The van der Waals surface area contributed by atoms with Crippen LogP contribution in [0.3, 0.4) is 0 Å². The second-order valence-corrected chi connectivity index (χ2v) is 3.71. The average molecular weight is 253 g/mol. The first-order chi connectivity index (χ1) is 8.63. The van der Waals surface area contributed by atoms with Crippen LogP contribution in [0, 0.1) is 4.91 Å². The SMILES string of the molecule is CNCCOc1ccc2c(c1)[n+](O)c(N)[nH][n+]2=O. The zero-order chi connectivity index (χ0) is 13.1. The van der Waals surface area contributed by atoms with Gasteiger partial charge in [0.15, 0.2) is 0 Å². The Labute approximate surface area is 102 Å². The number of H-pyrrole nitrogens is 1. The third-order valence-corrected chi connectivity index (χ3v) is 2.46. The number of hydrogen-bond donors (Lipinski definition) is 4. The summed E-state index contributed by atoms with van der Waals surface area (Å²) in [5.74, 6) is 0.385. The van der Waals surface area contributed by atoms with Crippen LogP contribution in [0.15, 0.2) is 18.2 Å². The van der Waals surface area contributed by atoms with Crippen LogP contribution in [0.5, 0.6) is 5.75 Å². The highest BCUT2D eigenvalue weighted by atomic mass is 16.5. The maximum absolute atomic E-state index is 11.5. The molecule has 0 saturated carbocycles. The number of nitrogens with two attached hydrogens (primary N) is 1. The van der Waals surface area contributed by atoms with Gasteiger partial charge in [-0.25, -0.2) is 0 Å². The zero-order valence-electron chi connectivity index (χ0n) is 9.88. The Morgan fingerprint density at radius 3 is 3.00 bits per heavy atom. The minimum Gasteiger partial charge on any atom is -0.492 e. The molecule has 18 heavy (non-hydrogen) atoms. The number of benzene rings is 1. The molecule has 1 aromatic carbocycles. The van der Waals surface area contributed by atoms with E-state index in [1.807, 2.05) is 7.05 Å². The fourth-order valence-electron chi connectivity index (χ4n) is 1.55. The number of aromatic nitrogens is 3. The quantitative estimate of drug-likeness (QED) is 0.310.